The Morgan fingerprint density at radius 2 is 2.00 bits per heavy atom. The lowest BCUT2D eigenvalue weighted by molar-refractivity contribution is -0.0757. The molecule has 2 aromatic rings. The normalized spacial score (nSPS) is 20.8. The number of aromatic carboxylic acids is 1. The number of carboxylic acid groups (broad SMARTS) is 1. The summed E-state index contributed by atoms with van der Waals surface area (Å²) in [5, 5.41) is 9.07. The highest BCUT2D eigenvalue weighted by molar-refractivity contribution is 5.87. The van der Waals surface area contributed by atoms with Crippen molar-refractivity contribution >= 4 is 11.5 Å². The van der Waals surface area contributed by atoms with Gasteiger partial charge in [0.25, 0.3) is 0 Å². The van der Waals surface area contributed by atoms with E-state index >= 15 is 0 Å². The summed E-state index contributed by atoms with van der Waals surface area (Å²) in [6.45, 7) is 5.04. The van der Waals surface area contributed by atoms with E-state index in [1.54, 1.807) is 18.3 Å². The number of likely N-dealkylation sites (tertiary alicyclic amines) is 1. The first kappa shape index (κ1) is 23.1. The average molecular weight is 424 g/mol. The molecule has 1 fully saturated rings. The predicted molar refractivity (Wildman–Crippen MR) is 123 cm³/mol. The fraction of sp³-hybridized carbons (Fsp3) is 0.440. The van der Waals surface area contributed by atoms with Gasteiger partial charge in [0.2, 0.25) is 0 Å². The van der Waals surface area contributed by atoms with Crippen molar-refractivity contribution in [1.29, 1.82) is 0 Å². The van der Waals surface area contributed by atoms with Gasteiger partial charge >= 0.3 is 5.97 Å². The molecule has 2 heterocycles. The number of allylic oxidation sites excluding steroid dienone is 1. The summed E-state index contributed by atoms with van der Waals surface area (Å²) in [6.07, 6.45) is 11.7. The van der Waals surface area contributed by atoms with Crippen LogP contribution < -0.4 is 5.90 Å². The maximum atomic E-state index is 11.0. The minimum Gasteiger partial charge on any atom is -0.478 e. The van der Waals surface area contributed by atoms with Gasteiger partial charge in [-0.2, -0.15) is 0 Å². The van der Waals surface area contributed by atoms with E-state index in [0.29, 0.717) is 5.56 Å². The number of hydrogen-bond acceptors (Lipinski definition) is 5. The average Bonchev–Trinajstić information content (AvgIpc) is 2.79. The Labute approximate surface area is 184 Å². The summed E-state index contributed by atoms with van der Waals surface area (Å²) in [4.78, 5) is 23.3. The van der Waals surface area contributed by atoms with Crippen LogP contribution in [0.25, 0.3) is 5.57 Å². The summed E-state index contributed by atoms with van der Waals surface area (Å²) in [6, 6.07) is 11.1. The van der Waals surface area contributed by atoms with Crippen molar-refractivity contribution in [2.24, 2.45) is 5.90 Å². The maximum absolute atomic E-state index is 11.0. The fourth-order valence-electron chi connectivity index (χ4n) is 4.16. The van der Waals surface area contributed by atoms with E-state index in [1.165, 1.54) is 5.57 Å². The van der Waals surface area contributed by atoms with Gasteiger partial charge in [0.1, 0.15) is 0 Å². The van der Waals surface area contributed by atoms with Crippen LogP contribution in [0.4, 0.5) is 0 Å². The molecule has 31 heavy (non-hydrogen) atoms. The minimum atomic E-state index is -0.902. The molecule has 6 heteroatoms. The molecular weight excluding hydrogens is 390 g/mol. The van der Waals surface area contributed by atoms with Gasteiger partial charge in [0, 0.05) is 25.5 Å². The first-order valence-electron chi connectivity index (χ1n) is 11.0. The Hall–Kier alpha value is -2.54. The van der Waals surface area contributed by atoms with Crippen LogP contribution in [0.15, 0.2) is 54.9 Å². The number of aryl methyl sites for hydroxylation is 1. The molecule has 0 spiro atoms. The Morgan fingerprint density at radius 3 is 2.68 bits per heavy atom. The van der Waals surface area contributed by atoms with Crippen LogP contribution in [0.5, 0.6) is 0 Å². The smallest absolute Gasteiger partial charge is 0.335 e. The summed E-state index contributed by atoms with van der Waals surface area (Å²) in [5.74, 6) is 4.91. The number of aromatic nitrogens is 1. The zero-order valence-corrected chi connectivity index (χ0v) is 18.3. The van der Waals surface area contributed by atoms with Crippen molar-refractivity contribution in [2.75, 3.05) is 19.6 Å². The molecule has 0 radical (unpaired) electrons. The molecule has 1 unspecified atom stereocenters. The highest BCUT2D eigenvalue weighted by Crippen LogP contribution is 2.30. The first-order chi connectivity index (χ1) is 15.0. The number of nitrogens with two attached hydrogens (primary N) is 1. The molecule has 1 aromatic carbocycles. The third-order valence-electron chi connectivity index (χ3n) is 6.33. The van der Waals surface area contributed by atoms with E-state index in [0.717, 1.165) is 69.3 Å². The van der Waals surface area contributed by atoms with Crippen molar-refractivity contribution in [3.05, 3.63) is 71.6 Å². The van der Waals surface area contributed by atoms with Crippen LogP contribution >= 0.6 is 0 Å². The number of carbonyl (C=O) groups is 1. The van der Waals surface area contributed by atoms with Crippen LogP contribution in [0, 0.1) is 0 Å². The van der Waals surface area contributed by atoms with Crippen molar-refractivity contribution in [1.82, 2.24) is 9.88 Å². The van der Waals surface area contributed by atoms with Gasteiger partial charge in [0.15, 0.2) is 0 Å². The highest BCUT2D eigenvalue weighted by Gasteiger charge is 2.32. The molecule has 0 amide bonds. The Balaban J connectivity index is 1.58. The molecule has 1 aromatic heterocycles. The Kier molecular flexibility index (Phi) is 8.35. The number of pyridine rings is 1. The quantitative estimate of drug-likeness (QED) is 0.615. The second-order valence-electron chi connectivity index (χ2n) is 8.44. The van der Waals surface area contributed by atoms with Crippen LogP contribution in [0.2, 0.25) is 0 Å². The van der Waals surface area contributed by atoms with Crippen LogP contribution in [0.1, 0.15) is 60.5 Å². The lowest BCUT2D eigenvalue weighted by Gasteiger charge is -2.36. The van der Waals surface area contributed by atoms with Crippen LogP contribution in [-0.4, -0.2) is 46.2 Å². The monoisotopic (exact) mass is 423 g/mol. The summed E-state index contributed by atoms with van der Waals surface area (Å²) in [7, 11) is 0. The zero-order valence-electron chi connectivity index (χ0n) is 18.3. The second kappa shape index (κ2) is 11.2. The molecule has 3 rings (SSSR count). The van der Waals surface area contributed by atoms with Crippen LogP contribution in [0.3, 0.4) is 0 Å². The van der Waals surface area contributed by atoms with E-state index in [1.807, 2.05) is 24.4 Å². The minimum absolute atomic E-state index is 0.310. The predicted octanol–water partition coefficient (Wildman–Crippen LogP) is 4.32. The molecule has 1 atom stereocenters. The van der Waals surface area contributed by atoms with Gasteiger partial charge in [-0.25, -0.2) is 10.7 Å². The molecule has 3 N–H and O–H groups in total. The zero-order chi connectivity index (χ0) is 22.1. The maximum Gasteiger partial charge on any atom is 0.335 e. The van der Waals surface area contributed by atoms with Crippen molar-refractivity contribution < 1.29 is 14.7 Å². The lowest BCUT2D eigenvalue weighted by Crippen LogP contribution is -2.42. The third kappa shape index (κ3) is 6.72. The van der Waals surface area contributed by atoms with E-state index in [2.05, 4.69) is 29.0 Å². The molecule has 1 aliphatic heterocycles. The number of benzene rings is 1. The highest BCUT2D eigenvalue weighted by atomic mass is 16.6. The Bertz CT molecular complexity index is 867. The fourth-order valence-corrected chi connectivity index (χ4v) is 4.16. The standard InChI is InChI=1S/C25H33N3O3/c1-20(23-5-4-15-27-19-23)11-17-28-16-3-2-12-25(31-26,14-18-28)13-10-21-6-8-22(9-7-21)24(29)30/h4-9,11,15,19H,2-3,10,12-14,16-18,26H2,1H3,(H,29,30)/b20-11-. The van der Waals surface area contributed by atoms with Gasteiger partial charge in [-0.1, -0.05) is 24.3 Å². The van der Waals surface area contributed by atoms with E-state index in [-0.39, 0.29) is 5.60 Å². The Morgan fingerprint density at radius 1 is 1.19 bits per heavy atom. The van der Waals surface area contributed by atoms with Crippen molar-refractivity contribution in [2.45, 2.75) is 51.0 Å². The van der Waals surface area contributed by atoms with Crippen molar-refractivity contribution in [3.8, 4) is 0 Å². The molecule has 166 valence electrons. The molecule has 0 bridgehead atoms. The largest absolute Gasteiger partial charge is 0.478 e. The van der Waals surface area contributed by atoms with Gasteiger partial charge in [-0.05, 0) is 86.9 Å². The summed E-state index contributed by atoms with van der Waals surface area (Å²) >= 11 is 0. The summed E-state index contributed by atoms with van der Waals surface area (Å²) < 4.78 is 0. The first-order valence-corrected chi connectivity index (χ1v) is 11.0. The van der Waals surface area contributed by atoms with E-state index in [9.17, 15) is 4.79 Å². The van der Waals surface area contributed by atoms with Crippen molar-refractivity contribution in [3.63, 3.8) is 0 Å². The third-order valence-corrected chi connectivity index (χ3v) is 6.33. The SMILES string of the molecule is C/C(=C/CN1CCCCC(CCc2ccc(C(=O)O)cc2)(ON)CC1)c1cccnc1. The number of hydrogen-bond donors (Lipinski definition) is 2. The van der Waals surface area contributed by atoms with Gasteiger partial charge in [0.05, 0.1) is 11.2 Å². The summed E-state index contributed by atoms with van der Waals surface area (Å²) in [5.41, 5.74) is 3.47. The van der Waals surface area contributed by atoms with Gasteiger partial charge in [-0.3, -0.25) is 14.7 Å². The second-order valence-corrected chi connectivity index (χ2v) is 8.44. The lowest BCUT2D eigenvalue weighted by atomic mass is 9.85. The molecule has 0 saturated carbocycles. The number of carboxylic acids is 1. The molecular formula is C25H33N3O3. The molecule has 0 aliphatic carbocycles. The number of rotatable bonds is 8. The van der Waals surface area contributed by atoms with Gasteiger partial charge < -0.3 is 5.11 Å². The molecule has 1 aliphatic rings. The van der Waals surface area contributed by atoms with E-state index in [4.69, 9.17) is 15.8 Å². The van der Waals surface area contributed by atoms with E-state index < -0.39 is 5.97 Å². The topological polar surface area (TPSA) is 88.7 Å². The molecule has 6 nitrogen and oxygen atoms in total. The van der Waals surface area contributed by atoms with Gasteiger partial charge in [-0.15, -0.1) is 0 Å². The number of nitrogens with zero attached hydrogens (tertiary/aromatic N) is 2. The molecule has 1 saturated heterocycles. The van der Waals surface area contributed by atoms with Crippen LogP contribution in [-0.2, 0) is 11.3 Å².